The second-order valence-corrected chi connectivity index (χ2v) is 13.3. The highest BCUT2D eigenvalue weighted by Crippen LogP contribution is 2.44. The maximum atomic E-state index is 12.9. The molecule has 330 valence electrons. The number of fused-ring (bicyclic) bond motifs is 3. The van der Waals surface area contributed by atoms with E-state index in [4.69, 9.17) is 47.7 Å². The molecule has 1 aliphatic carbocycles. The number of benzene rings is 2. The highest BCUT2D eigenvalue weighted by atomic mass is 16.6. The topological polar surface area (TPSA) is 208 Å². The standard InChI is InChI=1S/C42H63N3O14/c1-51-18-19-53-22-23-55-26-27-57-30-31-58-29-28-56-25-24-54-21-20-52-17-14-39(46)43-15-7-6-12-38(41(49)44-16-13-40(47)48)45-42(50)59-32-37-35-10-4-2-8-33(35)34-9-3-5-11-36(34)37/h2-5,8-11,37-38H,6-7,12-32H2,1H3,(H,43,46)(H,44,49)(H,45,50)(H,47,48)/t38-/m0/s1. The molecule has 17 heteroatoms. The van der Waals surface area contributed by atoms with E-state index in [1.807, 2.05) is 48.5 Å². The highest BCUT2D eigenvalue weighted by Gasteiger charge is 2.30. The van der Waals surface area contributed by atoms with Crippen LogP contribution in [0.15, 0.2) is 48.5 Å². The smallest absolute Gasteiger partial charge is 0.407 e. The van der Waals surface area contributed by atoms with E-state index in [9.17, 15) is 19.2 Å². The Morgan fingerprint density at radius 1 is 0.593 bits per heavy atom. The molecule has 0 radical (unpaired) electrons. The van der Waals surface area contributed by atoms with Crippen LogP contribution in [-0.4, -0.2) is 161 Å². The first-order valence-electron chi connectivity index (χ1n) is 20.3. The Balaban J connectivity index is 1.16. The third kappa shape index (κ3) is 21.6. The number of carboxylic acids is 1. The third-order valence-electron chi connectivity index (χ3n) is 8.97. The van der Waals surface area contributed by atoms with Crippen molar-refractivity contribution < 1.29 is 66.9 Å². The molecule has 17 nitrogen and oxygen atoms in total. The number of rotatable bonds is 36. The van der Waals surface area contributed by atoms with Gasteiger partial charge in [-0.05, 0) is 41.5 Å². The number of hydrogen-bond donors (Lipinski definition) is 4. The fourth-order valence-corrected chi connectivity index (χ4v) is 5.99. The fourth-order valence-electron chi connectivity index (χ4n) is 5.99. The summed E-state index contributed by atoms with van der Waals surface area (Å²) < 4.78 is 48.6. The van der Waals surface area contributed by atoms with Crippen molar-refractivity contribution in [3.63, 3.8) is 0 Å². The van der Waals surface area contributed by atoms with Crippen LogP contribution in [0.3, 0.4) is 0 Å². The van der Waals surface area contributed by atoms with Gasteiger partial charge in [0.1, 0.15) is 12.6 Å². The maximum absolute atomic E-state index is 12.9. The minimum absolute atomic E-state index is 0.0739. The predicted octanol–water partition coefficient (Wildman–Crippen LogP) is 2.92. The van der Waals surface area contributed by atoms with Crippen LogP contribution in [0.4, 0.5) is 4.79 Å². The predicted molar refractivity (Wildman–Crippen MR) is 216 cm³/mol. The van der Waals surface area contributed by atoms with Gasteiger partial charge in [0.25, 0.3) is 0 Å². The zero-order valence-electron chi connectivity index (χ0n) is 34.3. The van der Waals surface area contributed by atoms with E-state index < -0.39 is 24.0 Å². The summed E-state index contributed by atoms with van der Waals surface area (Å²) in [6.45, 7) is 7.22. The number of carboxylic acid groups (broad SMARTS) is 1. The van der Waals surface area contributed by atoms with E-state index in [0.717, 1.165) is 22.3 Å². The van der Waals surface area contributed by atoms with Crippen molar-refractivity contribution in [2.24, 2.45) is 0 Å². The third-order valence-corrected chi connectivity index (χ3v) is 8.97. The van der Waals surface area contributed by atoms with Gasteiger partial charge in [0.2, 0.25) is 11.8 Å². The Hall–Kier alpha value is -4.20. The lowest BCUT2D eigenvalue weighted by Crippen LogP contribution is -2.47. The lowest BCUT2D eigenvalue weighted by atomic mass is 9.98. The van der Waals surface area contributed by atoms with Crippen LogP contribution in [0.1, 0.15) is 49.1 Å². The maximum Gasteiger partial charge on any atom is 0.407 e. The number of ether oxygens (including phenoxy) is 9. The Morgan fingerprint density at radius 2 is 1.07 bits per heavy atom. The molecule has 4 N–H and O–H groups in total. The molecule has 2 aromatic rings. The molecule has 1 aliphatic rings. The summed E-state index contributed by atoms with van der Waals surface area (Å²) in [5.74, 6) is -1.86. The van der Waals surface area contributed by atoms with Gasteiger partial charge in [0.15, 0.2) is 0 Å². The van der Waals surface area contributed by atoms with E-state index in [0.29, 0.717) is 112 Å². The first-order chi connectivity index (χ1) is 28.9. The molecular weight excluding hydrogens is 770 g/mol. The Bertz CT molecular complexity index is 1440. The minimum atomic E-state index is -1.05. The van der Waals surface area contributed by atoms with Crippen molar-refractivity contribution >= 4 is 23.9 Å². The SMILES string of the molecule is COCCOCCOCCOCCOCCOCCOCCOCCC(=O)NCCCC[C@H](NC(=O)OCC1c2ccccc2-c2ccccc21)C(=O)NCCC(=O)O. The monoisotopic (exact) mass is 833 g/mol. The lowest BCUT2D eigenvalue weighted by molar-refractivity contribution is -0.137. The second-order valence-electron chi connectivity index (χ2n) is 13.3. The van der Waals surface area contributed by atoms with Gasteiger partial charge in [-0.3, -0.25) is 14.4 Å². The number of amides is 3. The van der Waals surface area contributed by atoms with Gasteiger partial charge in [-0.25, -0.2) is 4.79 Å². The molecule has 0 saturated carbocycles. The van der Waals surface area contributed by atoms with Crippen LogP contribution >= 0.6 is 0 Å². The van der Waals surface area contributed by atoms with E-state index >= 15 is 0 Å². The number of unbranched alkanes of at least 4 members (excludes halogenated alkanes) is 1. The minimum Gasteiger partial charge on any atom is -0.481 e. The first kappa shape index (κ1) is 49.2. The molecule has 59 heavy (non-hydrogen) atoms. The summed E-state index contributed by atoms with van der Waals surface area (Å²) in [4.78, 5) is 49.0. The van der Waals surface area contributed by atoms with Gasteiger partial charge < -0.3 is 63.7 Å². The van der Waals surface area contributed by atoms with Gasteiger partial charge in [-0.15, -0.1) is 0 Å². The quantitative estimate of drug-likeness (QED) is 0.0729. The average molecular weight is 834 g/mol. The Kier molecular flexibility index (Phi) is 26.4. The van der Waals surface area contributed by atoms with Gasteiger partial charge in [0, 0.05) is 32.5 Å². The number of carbonyl (C=O) groups is 4. The molecule has 0 unspecified atom stereocenters. The van der Waals surface area contributed by atoms with E-state index in [1.54, 1.807) is 7.11 Å². The number of carbonyl (C=O) groups excluding carboxylic acids is 3. The Morgan fingerprint density at radius 3 is 1.56 bits per heavy atom. The molecular formula is C42H63N3O14. The molecule has 3 rings (SSSR count). The molecule has 0 bridgehead atoms. The molecule has 1 atom stereocenters. The van der Waals surface area contributed by atoms with Crippen LogP contribution in [0.5, 0.6) is 0 Å². The van der Waals surface area contributed by atoms with Crippen LogP contribution < -0.4 is 16.0 Å². The van der Waals surface area contributed by atoms with E-state index in [1.165, 1.54) is 0 Å². The lowest BCUT2D eigenvalue weighted by Gasteiger charge is -2.20. The van der Waals surface area contributed by atoms with Crippen molar-refractivity contribution in [1.29, 1.82) is 0 Å². The van der Waals surface area contributed by atoms with Gasteiger partial charge in [0.05, 0.1) is 106 Å². The fraction of sp³-hybridized carbons (Fsp3) is 0.619. The number of hydrogen-bond acceptors (Lipinski definition) is 13. The van der Waals surface area contributed by atoms with Crippen LogP contribution in [-0.2, 0) is 57.0 Å². The van der Waals surface area contributed by atoms with Crippen molar-refractivity contribution in [1.82, 2.24) is 16.0 Å². The molecule has 3 amide bonds. The molecule has 0 spiro atoms. The number of alkyl carbamates (subject to hydrolysis) is 1. The number of nitrogens with one attached hydrogen (secondary N) is 3. The van der Waals surface area contributed by atoms with Gasteiger partial charge >= 0.3 is 12.1 Å². The van der Waals surface area contributed by atoms with Gasteiger partial charge in [-0.1, -0.05) is 48.5 Å². The molecule has 0 heterocycles. The van der Waals surface area contributed by atoms with Crippen molar-refractivity contribution in [3.8, 4) is 11.1 Å². The van der Waals surface area contributed by atoms with Crippen LogP contribution in [0.2, 0.25) is 0 Å². The van der Waals surface area contributed by atoms with Crippen molar-refractivity contribution in [3.05, 3.63) is 59.7 Å². The average Bonchev–Trinajstić information content (AvgIpc) is 3.55. The van der Waals surface area contributed by atoms with Crippen molar-refractivity contribution in [2.75, 3.05) is 126 Å². The zero-order chi connectivity index (χ0) is 42.2. The van der Waals surface area contributed by atoms with Crippen molar-refractivity contribution in [2.45, 2.75) is 44.1 Å². The van der Waals surface area contributed by atoms with E-state index in [-0.39, 0.29) is 50.8 Å². The normalized spacial score (nSPS) is 12.4. The van der Waals surface area contributed by atoms with Gasteiger partial charge in [-0.2, -0.15) is 0 Å². The number of methoxy groups -OCH3 is 1. The highest BCUT2D eigenvalue weighted by molar-refractivity contribution is 5.86. The summed E-state index contributed by atoms with van der Waals surface area (Å²) in [5, 5.41) is 17.0. The molecule has 0 fully saturated rings. The first-order valence-corrected chi connectivity index (χ1v) is 20.3. The van der Waals surface area contributed by atoms with E-state index in [2.05, 4.69) is 16.0 Å². The van der Waals surface area contributed by atoms with Crippen LogP contribution in [0, 0.1) is 0 Å². The number of aliphatic carboxylic acids is 1. The molecule has 2 aromatic carbocycles. The summed E-state index contributed by atoms with van der Waals surface area (Å²) in [7, 11) is 1.63. The summed E-state index contributed by atoms with van der Waals surface area (Å²) in [6, 6.07) is 15.0. The molecule has 0 aliphatic heterocycles. The Labute approximate surface area is 347 Å². The molecule has 0 aromatic heterocycles. The summed E-state index contributed by atoms with van der Waals surface area (Å²) in [5.41, 5.74) is 4.33. The zero-order valence-corrected chi connectivity index (χ0v) is 34.3. The van der Waals surface area contributed by atoms with Crippen LogP contribution in [0.25, 0.3) is 11.1 Å². The molecule has 0 saturated heterocycles. The second kappa shape index (κ2) is 31.7. The summed E-state index contributed by atoms with van der Waals surface area (Å²) >= 11 is 0. The summed E-state index contributed by atoms with van der Waals surface area (Å²) in [6.07, 6.45) is 0.517. The largest absolute Gasteiger partial charge is 0.481 e.